The normalized spacial score (nSPS) is 12.7. The topological polar surface area (TPSA) is 77.2 Å². The Balaban J connectivity index is 2.02. The van der Waals surface area contributed by atoms with Crippen molar-refractivity contribution in [3.05, 3.63) is 36.0 Å². The van der Waals surface area contributed by atoms with Gasteiger partial charge in [0, 0.05) is 55.6 Å². The second-order valence-electron chi connectivity index (χ2n) is 7.53. The molecule has 1 atom stereocenters. The molecule has 1 aromatic carbocycles. The van der Waals surface area contributed by atoms with Crippen molar-refractivity contribution >= 4 is 22.7 Å². The van der Waals surface area contributed by atoms with Gasteiger partial charge in [0.15, 0.2) is 0 Å². The van der Waals surface area contributed by atoms with Crippen LogP contribution in [0.3, 0.4) is 0 Å². The molecule has 0 aliphatic carbocycles. The van der Waals surface area contributed by atoms with Gasteiger partial charge in [-0.15, -0.1) is 0 Å². The summed E-state index contributed by atoms with van der Waals surface area (Å²) in [6.07, 6.45) is 2.36. The maximum atomic E-state index is 12.7. The van der Waals surface area contributed by atoms with E-state index in [4.69, 9.17) is 0 Å². The van der Waals surface area contributed by atoms with Crippen LogP contribution in [-0.4, -0.2) is 52.9 Å². The molecule has 1 aromatic heterocycles. The molecule has 6 nitrogen and oxygen atoms in total. The van der Waals surface area contributed by atoms with Crippen molar-refractivity contribution in [2.45, 2.75) is 59.2 Å². The average molecular weight is 373 g/mol. The zero-order chi connectivity index (χ0) is 20.0. The lowest BCUT2D eigenvalue weighted by molar-refractivity contribution is -0.128. The van der Waals surface area contributed by atoms with E-state index in [2.05, 4.69) is 48.2 Å². The molecule has 0 aliphatic rings. The smallest absolute Gasteiger partial charge is 0.242 e. The Hall–Kier alpha value is -2.34. The lowest BCUT2D eigenvalue weighted by Crippen LogP contribution is -2.49. The predicted octanol–water partition coefficient (Wildman–Crippen LogP) is 2.45. The molecule has 0 aliphatic heterocycles. The maximum absolute atomic E-state index is 12.7. The van der Waals surface area contributed by atoms with Gasteiger partial charge in [-0.3, -0.25) is 14.5 Å². The van der Waals surface area contributed by atoms with Crippen LogP contribution in [0.5, 0.6) is 0 Å². The number of rotatable bonds is 9. The molecule has 1 unspecified atom stereocenters. The summed E-state index contributed by atoms with van der Waals surface area (Å²) in [7, 11) is 0. The molecule has 148 valence electrons. The fourth-order valence-corrected chi connectivity index (χ4v) is 3.52. The van der Waals surface area contributed by atoms with E-state index in [-0.39, 0.29) is 11.8 Å². The maximum Gasteiger partial charge on any atom is 0.242 e. The summed E-state index contributed by atoms with van der Waals surface area (Å²) in [4.78, 5) is 29.9. The van der Waals surface area contributed by atoms with Crippen LogP contribution < -0.4 is 10.6 Å². The van der Waals surface area contributed by atoms with Crippen molar-refractivity contribution in [2.75, 3.05) is 13.1 Å². The summed E-state index contributed by atoms with van der Waals surface area (Å²) >= 11 is 0. The van der Waals surface area contributed by atoms with Crippen LogP contribution in [0.2, 0.25) is 0 Å². The third-order valence-electron chi connectivity index (χ3n) is 4.79. The standard InChI is InChI=1S/C21H32N4O2/c1-14(2)25(15(3)4)11-10-22-21(27)20(24-16(5)26)12-17-13-23-19-9-7-6-8-18(17)19/h6-9,13-15,20,23H,10-12H2,1-5H3,(H,22,27)(H,24,26). The molecule has 0 bridgehead atoms. The van der Waals surface area contributed by atoms with Crippen LogP contribution in [0.25, 0.3) is 10.9 Å². The number of hydrogen-bond donors (Lipinski definition) is 3. The molecule has 0 spiro atoms. The van der Waals surface area contributed by atoms with E-state index < -0.39 is 6.04 Å². The Morgan fingerprint density at radius 1 is 1.11 bits per heavy atom. The van der Waals surface area contributed by atoms with Crippen LogP contribution >= 0.6 is 0 Å². The average Bonchev–Trinajstić information content (AvgIpc) is 3.00. The molecule has 2 rings (SSSR count). The monoisotopic (exact) mass is 372 g/mol. The van der Waals surface area contributed by atoms with Crippen LogP contribution in [0.4, 0.5) is 0 Å². The molecule has 2 amide bonds. The summed E-state index contributed by atoms with van der Waals surface area (Å²) < 4.78 is 0. The first-order chi connectivity index (χ1) is 12.8. The number of hydrogen-bond acceptors (Lipinski definition) is 3. The highest BCUT2D eigenvalue weighted by molar-refractivity contribution is 5.89. The Labute approximate surface area is 161 Å². The molecule has 1 heterocycles. The number of aromatic amines is 1. The van der Waals surface area contributed by atoms with E-state index in [1.165, 1.54) is 6.92 Å². The minimum absolute atomic E-state index is 0.150. The van der Waals surface area contributed by atoms with Gasteiger partial charge in [0.1, 0.15) is 6.04 Å². The van der Waals surface area contributed by atoms with Crippen LogP contribution in [-0.2, 0) is 16.0 Å². The van der Waals surface area contributed by atoms with E-state index in [0.717, 1.165) is 23.0 Å². The van der Waals surface area contributed by atoms with Gasteiger partial charge < -0.3 is 15.6 Å². The van der Waals surface area contributed by atoms with E-state index >= 15 is 0 Å². The number of fused-ring (bicyclic) bond motifs is 1. The molecule has 0 saturated carbocycles. The van der Waals surface area contributed by atoms with Gasteiger partial charge in [0.05, 0.1) is 0 Å². The molecule has 0 saturated heterocycles. The Morgan fingerprint density at radius 3 is 2.41 bits per heavy atom. The number of para-hydroxylation sites is 1. The van der Waals surface area contributed by atoms with E-state index in [1.54, 1.807) is 0 Å². The molecule has 6 heteroatoms. The highest BCUT2D eigenvalue weighted by Crippen LogP contribution is 2.19. The minimum Gasteiger partial charge on any atom is -0.361 e. The molecule has 2 aromatic rings. The zero-order valence-electron chi connectivity index (χ0n) is 17.0. The molecule has 3 N–H and O–H groups in total. The highest BCUT2D eigenvalue weighted by atomic mass is 16.2. The highest BCUT2D eigenvalue weighted by Gasteiger charge is 2.22. The van der Waals surface area contributed by atoms with Gasteiger partial charge in [-0.2, -0.15) is 0 Å². The van der Waals surface area contributed by atoms with Crippen molar-refractivity contribution in [1.29, 1.82) is 0 Å². The molecular weight excluding hydrogens is 340 g/mol. The van der Waals surface area contributed by atoms with Gasteiger partial charge in [0.25, 0.3) is 0 Å². The largest absolute Gasteiger partial charge is 0.361 e. The van der Waals surface area contributed by atoms with E-state index in [1.807, 2.05) is 30.5 Å². The fourth-order valence-electron chi connectivity index (χ4n) is 3.52. The van der Waals surface area contributed by atoms with Crippen molar-refractivity contribution in [1.82, 2.24) is 20.5 Å². The van der Waals surface area contributed by atoms with Crippen LogP contribution in [0.15, 0.2) is 30.5 Å². The van der Waals surface area contributed by atoms with Gasteiger partial charge >= 0.3 is 0 Å². The van der Waals surface area contributed by atoms with Gasteiger partial charge in [0.2, 0.25) is 11.8 Å². The van der Waals surface area contributed by atoms with Crippen molar-refractivity contribution in [3.63, 3.8) is 0 Å². The van der Waals surface area contributed by atoms with Gasteiger partial charge in [-0.1, -0.05) is 18.2 Å². The SMILES string of the molecule is CC(=O)NC(Cc1c[nH]c2ccccc12)C(=O)NCCN(C(C)C)C(C)C. The number of aromatic nitrogens is 1. The second-order valence-corrected chi connectivity index (χ2v) is 7.53. The Bertz CT molecular complexity index is 758. The molecule has 27 heavy (non-hydrogen) atoms. The minimum atomic E-state index is -0.590. The number of nitrogens with one attached hydrogen (secondary N) is 3. The third-order valence-corrected chi connectivity index (χ3v) is 4.79. The third kappa shape index (κ3) is 5.82. The van der Waals surface area contributed by atoms with E-state index in [0.29, 0.717) is 25.0 Å². The molecular formula is C21H32N4O2. The number of H-pyrrole nitrogens is 1. The first kappa shape index (κ1) is 21.0. The van der Waals surface area contributed by atoms with Gasteiger partial charge in [-0.25, -0.2) is 0 Å². The number of carbonyl (C=O) groups excluding carboxylic acids is 2. The quantitative estimate of drug-likeness (QED) is 0.633. The predicted molar refractivity (Wildman–Crippen MR) is 110 cm³/mol. The summed E-state index contributed by atoms with van der Waals surface area (Å²) in [5, 5.41) is 6.85. The lowest BCUT2D eigenvalue weighted by atomic mass is 10.0. The first-order valence-electron chi connectivity index (χ1n) is 9.65. The summed E-state index contributed by atoms with van der Waals surface area (Å²) in [6, 6.07) is 8.20. The van der Waals surface area contributed by atoms with Crippen molar-refractivity contribution in [2.24, 2.45) is 0 Å². The summed E-state index contributed by atoms with van der Waals surface area (Å²) in [5.74, 6) is -0.357. The summed E-state index contributed by atoms with van der Waals surface area (Å²) in [5.41, 5.74) is 2.05. The van der Waals surface area contributed by atoms with Gasteiger partial charge in [-0.05, 0) is 39.3 Å². The second kappa shape index (κ2) is 9.55. The number of nitrogens with zero attached hydrogens (tertiary/aromatic N) is 1. The lowest BCUT2D eigenvalue weighted by Gasteiger charge is -2.30. The number of benzene rings is 1. The van der Waals surface area contributed by atoms with Crippen molar-refractivity contribution in [3.8, 4) is 0 Å². The molecule has 0 radical (unpaired) electrons. The Kier molecular flexibility index (Phi) is 7.42. The Morgan fingerprint density at radius 2 is 1.78 bits per heavy atom. The van der Waals surface area contributed by atoms with Crippen molar-refractivity contribution < 1.29 is 9.59 Å². The zero-order valence-corrected chi connectivity index (χ0v) is 17.0. The fraction of sp³-hybridized carbons (Fsp3) is 0.524. The van der Waals surface area contributed by atoms with E-state index in [9.17, 15) is 9.59 Å². The first-order valence-corrected chi connectivity index (χ1v) is 9.65. The molecule has 0 fully saturated rings. The number of carbonyl (C=O) groups is 2. The van der Waals surface area contributed by atoms with Crippen LogP contribution in [0.1, 0.15) is 40.2 Å². The van der Waals surface area contributed by atoms with Crippen LogP contribution in [0, 0.1) is 0 Å². The summed E-state index contributed by atoms with van der Waals surface area (Å²) in [6.45, 7) is 11.4. The number of amides is 2.